The van der Waals surface area contributed by atoms with Gasteiger partial charge < -0.3 is 15.0 Å². The lowest BCUT2D eigenvalue weighted by atomic mass is 9.91. The molecular formula is C16H29N5O2. The standard InChI is InChI=1S/C16H29N5O2/c1-12(17-9-14-11-20(5)19-18-14)13-7-6-8-21(10-13)15(22)23-16(2,3)4/h11-13,17H,6-10H2,1-5H3. The van der Waals surface area contributed by atoms with E-state index in [1.807, 2.05) is 38.9 Å². The molecule has 0 aliphatic carbocycles. The molecule has 2 atom stereocenters. The van der Waals surface area contributed by atoms with E-state index < -0.39 is 5.60 Å². The fourth-order valence-electron chi connectivity index (χ4n) is 2.82. The number of ether oxygens (including phenoxy) is 1. The molecule has 7 nitrogen and oxygen atoms in total. The van der Waals surface area contributed by atoms with Crippen LogP contribution < -0.4 is 5.32 Å². The zero-order valence-electron chi connectivity index (χ0n) is 14.9. The average molecular weight is 323 g/mol. The maximum absolute atomic E-state index is 12.2. The molecule has 0 spiro atoms. The average Bonchev–Trinajstić information content (AvgIpc) is 2.89. The lowest BCUT2D eigenvalue weighted by molar-refractivity contribution is 0.0148. The molecule has 0 bridgehead atoms. The summed E-state index contributed by atoms with van der Waals surface area (Å²) in [6.45, 7) is 10.1. The van der Waals surface area contributed by atoms with Crippen molar-refractivity contribution in [1.29, 1.82) is 0 Å². The summed E-state index contributed by atoms with van der Waals surface area (Å²) in [7, 11) is 1.86. The van der Waals surface area contributed by atoms with Crippen molar-refractivity contribution in [3.8, 4) is 0 Å². The third-order valence-electron chi connectivity index (χ3n) is 4.07. The predicted molar refractivity (Wildman–Crippen MR) is 87.8 cm³/mol. The molecule has 2 heterocycles. The highest BCUT2D eigenvalue weighted by Crippen LogP contribution is 2.22. The molecule has 7 heteroatoms. The van der Waals surface area contributed by atoms with Crippen LogP contribution in [0.1, 0.15) is 46.2 Å². The zero-order chi connectivity index (χ0) is 17.0. The summed E-state index contributed by atoms with van der Waals surface area (Å²) in [6, 6.07) is 0.308. The van der Waals surface area contributed by atoms with E-state index in [0.717, 1.165) is 31.6 Å². The summed E-state index contributed by atoms with van der Waals surface area (Å²) < 4.78 is 7.18. The Morgan fingerprint density at radius 1 is 1.52 bits per heavy atom. The van der Waals surface area contributed by atoms with Gasteiger partial charge >= 0.3 is 6.09 Å². The van der Waals surface area contributed by atoms with Crippen LogP contribution in [0.25, 0.3) is 0 Å². The van der Waals surface area contributed by atoms with Gasteiger partial charge in [-0.25, -0.2) is 4.79 Å². The molecule has 2 rings (SSSR count). The van der Waals surface area contributed by atoms with Crippen LogP contribution in [0.5, 0.6) is 0 Å². The van der Waals surface area contributed by atoms with Crippen molar-refractivity contribution < 1.29 is 9.53 Å². The smallest absolute Gasteiger partial charge is 0.410 e. The fourth-order valence-corrected chi connectivity index (χ4v) is 2.82. The molecule has 1 N–H and O–H groups in total. The topological polar surface area (TPSA) is 72.3 Å². The van der Waals surface area contributed by atoms with Crippen LogP contribution in [0.3, 0.4) is 0 Å². The molecule has 0 radical (unpaired) electrons. The molecule has 23 heavy (non-hydrogen) atoms. The van der Waals surface area contributed by atoms with E-state index in [-0.39, 0.29) is 6.09 Å². The zero-order valence-corrected chi connectivity index (χ0v) is 14.9. The largest absolute Gasteiger partial charge is 0.444 e. The number of aryl methyl sites for hydroxylation is 1. The molecule has 1 saturated heterocycles. The van der Waals surface area contributed by atoms with Gasteiger partial charge in [0.2, 0.25) is 0 Å². The van der Waals surface area contributed by atoms with Gasteiger partial charge in [0, 0.05) is 38.9 Å². The quantitative estimate of drug-likeness (QED) is 0.917. The van der Waals surface area contributed by atoms with Crippen molar-refractivity contribution in [3.05, 3.63) is 11.9 Å². The van der Waals surface area contributed by atoms with E-state index in [0.29, 0.717) is 18.5 Å². The van der Waals surface area contributed by atoms with Crippen molar-refractivity contribution >= 4 is 6.09 Å². The first-order valence-electron chi connectivity index (χ1n) is 8.31. The van der Waals surface area contributed by atoms with Crippen LogP contribution in [0.15, 0.2) is 6.20 Å². The van der Waals surface area contributed by atoms with Crippen molar-refractivity contribution in [1.82, 2.24) is 25.2 Å². The summed E-state index contributed by atoms with van der Waals surface area (Å²) >= 11 is 0. The monoisotopic (exact) mass is 323 g/mol. The number of carbonyl (C=O) groups is 1. The van der Waals surface area contributed by atoms with Crippen molar-refractivity contribution in [2.45, 2.75) is 58.7 Å². The highest BCUT2D eigenvalue weighted by molar-refractivity contribution is 5.68. The molecule has 1 fully saturated rings. The number of piperidine rings is 1. The highest BCUT2D eigenvalue weighted by atomic mass is 16.6. The van der Waals surface area contributed by atoms with E-state index in [1.165, 1.54) is 0 Å². The van der Waals surface area contributed by atoms with Gasteiger partial charge in [0.1, 0.15) is 5.60 Å². The SMILES string of the molecule is CC(NCc1cn(C)nn1)C1CCCN(C(=O)OC(C)(C)C)C1. The first-order chi connectivity index (χ1) is 10.7. The molecule has 1 amide bonds. The van der Waals surface area contributed by atoms with Gasteiger partial charge in [-0.1, -0.05) is 5.21 Å². The highest BCUT2D eigenvalue weighted by Gasteiger charge is 2.30. The van der Waals surface area contributed by atoms with Crippen molar-refractivity contribution in [2.24, 2.45) is 13.0 Å². The van der Waals surface area contributed by atoms with E-state index in [4.69, 9.17) is 4.74 Å². The Morgan fingerprint density at radius 2 is 2.26 bits per heavy atom. The molecule has 1 aliphatic rings. The van der Waals surface area contributed by atoms with E-state index in [2.05, 4.69) is 22.6 Å². The van der Waals surface area contributed by atoms with Gasteiger partial charge in [0.05, 0.1) is 5.69 Å². The normalized spacial score (nSPS) is 20.4. The Hall–Kier alpha value is -1.63. The molecule has 0 saturated carbocycles. The summed E-state index contributed by atoms with van der Waals surface area (Å²) in [5.74, 6) is 0.424. The summed E-state index contributed by atoms with van der Waals surface area (Å²) in [5, 5.41) is 11.5. The lowest BCUT2D eigenvalue weighted by Crippen LogP contribution is -2.47. The number of nitrogens with zero attached hydrogens (tertiary/aromatic N) is 4. The summed E-state index contributed by atoms with van der Waals surface area (Å²) in [5.41, 5.74) is 0.485. The molecule has 130 valence electrons. The van der Waals surface area contributed by atoms with Gasteiger partial charge in [0.25, 0.3) is 0 Å². The Balaban J connectivity index is 1.83. The second-order valence-electron chi connectivity index (χ2n) is 7.38. The minimum atomic E-state index is -0.445. The summed E-state index contributed by atoms with van der Waals surface area (Å²) in [4.78, 5) is 14.1. The van der Waals surface area contributed by atoms with Gasteiger partial charge in [-0.2, -0.15) is 0 Å². The van der Waals surface area contributed by atoms with E-state index in [9.17, 15) is 4.79 Å². The molecule has 2 unspecified atom stereocenters. The Bertz CT molecular complexity index is 523. The Kier molecular flexibility index (Phi) is 5.62. The maximum Gasteiger partial charge on any atom is 0.410 e. The van der Waals surface area contributed by atoms with Gasteiger partial charge in [-0.3, -0.25) is 4.68 Å². The van der Waals surface area contributed by atoms with Crippen molar-refractivity contribution in [3.63, 3.8) is 0 Å². The Labute approximate surface area is 138 Å². The first kappa shape index (κ1) is 17.7. The third-order valence-corrected chi connectivity index (χ3v) is 4.07. The molecular weight excluding hydrogens is 294 g/mol. The second kappa shape index (κ2) is 7.29. The van der Waals surface area contributed by atoms with Gasteiger partial charge in [-0.15, -0.1) is 5.10 Å². The van der Waals surface area contributed by atoms with Gasteiger partial charge in [0.15, 0.2) is 0 Å². The van der Waals surface area contributed by atoms with Crippen LogP contribution >= 0.6 is 0 Å². The number of nitrogens with one attached hydrogen (secondary N) is 1. The van der Waals surface area contributed by atoms with Crippen LogP contribution in [0.2, 0.25) is 0 Å². The lowest BCUT2D eigenvalue weighted by Gasteiger charge is -2.36. The number of aromatic nitrogens is 3. The van der Waals surface area contributed by atoms with E-state index >= 15 is 0 Å². The van der Waals surface area contributed by atoms with Gasteiger partial charge in [-0.05, 0) is 46.5 Å². The number of carbonyl (C=O) groups excluding carboxylic acids is 1. The molecule has 1 aromatic rings. The second-order valence-corrected chi connectivity index (χ2v) is 7.38. The molecule has 0 aromatic carbocycles. The van der Waals surface area contributed by atoms with E-state index in [1.54, 1.807) is 4.68 Å². The molecule has 1 aliphatic heterocycles. The number of rotatable bonds is 4. The fraction of sp³-hybridized carbons (Fsp3) is 0.812. The number of likely N-dealkylation sites (tertiary alicyclic amines) is 1. The van der Waals surface area contributed by atoms with Crippen LogP contribution in [0, 0.1) is 5.92 Å². The minimum absolute atomic E-state index is 0.205. The van der Waals surface area contributed by atoms with Crippen LogP contribution in [0.4, 0.5) is 4.79 Å². The maximum atomic E-state index is 12.2. The number of hydrogen-bond acceptors (Lipinski definition) is 5. The minimum Gasteiger partial charge on any atom is -0.444 e. The number of amides is 1. The summed E-state index contributed by atoms with van der Waals surface area (Å²) in [6.07, 6.45) is 3.84. The third kappa shape index (κ3) is 5.49. The number of hydrogen-bond donors (Lipinski definition) is 1. The van der Waals surface area contributed by atoms with Crippen LogP contribution in [-0.4, -0.2) is 50.7 Å². The first-order valence-corrected chi connectivity index (χ1v) is 8.31. The predicted octanol–water partition coefficient (Wildman–Crippen LogP) is 1.94. The molecule has 1 aromatic heterocycles. The van der Waals surface area contributed by atoms with Crippen molar-refractivity contribution in [2.75, 3.05) is 13.1 Å². The van der Waals surface area contributed by atoms with Crippen LogP contribution in [-0.2, 0) is 18.3 Å². The Morgan fingerprint density at radius 3 is 2.87 bits per heavy atom.